The van der Waals surface area contributed by atoms with Crippen molar-refractivity contribution in [1.29, 1.82) is 0 Å². The van der Waals surface area contributed by atoms with Gasteiger partial charge >= 0.3 is 0 Å². The van der Waals surface area contributed by atoms with Crippen LogP contribution in [0.1, 0.15) is 12.5 Å². The molecule has 3 N–H and O–H groups in total. The number of imidazole rings is 1. The van der Waals surface area contributed by atoms with Crippen LogP contribution in [-0.2, 0) is 6.54 Å². The summed E-state index contributed by atoms with van der Waals surface area (Å²) < 4.78 is 0. The molecule has 0 aliphatic rings. The van der Waals surface area contributed by atoms with Gasteiger partial charge in [0.1, 0.15) is 5.69 Å². The zero-order chi connectivity index (χ0) is 22.2. The Kier molecular flexibility index (Phi) is 4.93. The highest BCUT2D eigenvalue weighted by Gasteiger charge is 2.16. The van der Waals surface area contributed by atoms with E-state index in [2.05, 4.69) is 78.5 Å². The van der Waals surface area contributed by atoms with Crippen LogP contribution in [0, 0.1) is 0 Å². The van der Waals surface area contributed by atoms with Gasteiger partial charge in [-0.15, -0.1) is 0 Å². The van der Waals surface area contributed by atoms with Gasteiger partial charge in [0.2, 0.25) is 0 Å². The zero-order valence-corrected chi connectivity index (χ0v) is 18.8. The third-order valence-corrected chi connectivity index (χ3v) is 6.40. The van der Waals surface area contributed by atoms with Gasteiger partial charge in [0, 0.05) is 41.6 Å². The summed E-state index contributed by atoms with van der Waals surface area (Å²) in [4.78, 5) is 17.1. The number of aromatic amines is 2. The first-order chi connectivity index (χ1) is 16.3. The first-order valence-electron chi connectivity index (χ1n) is 10.8. The fourth-order valence-corrected chi connectivity index (χ4v) is 4.72. The van der Waals surface area contributed by atoms with Crippen molar-refractivity contribution in [2.24, 2.45) is 0 Å². The lowest BCUT2D eigenvalue weighted by atomic mass is 10.0. The maximum Gasteiger partial charge on any atom is 0.178 e. The third-order valence-electron chi connectivity index (χ3n) is 5.72. The van der Waals surface area contributed by atoms with Crippen LogP contribution in [0.4, 0.5) is 0 Å². The van der Waals surface area contributed by atoms with Gasteiger partial charge in [0.05, 0.1) is 11.0 Å². The molecule has 6 rings (SSSR count). The average molecular weight is 452 g/mol. The molecule has 0 fully saturated rings. The summed E-state index contributed by atoms with van der Waals surface area (Å²) in [5.74, 6) is 0.697. The average Bonchev–Trinajstić information content (AvgIpc) is 3.61. The second-order valence-electron chi connectivity index (χ2n) is 7.85. The molecule has 0 saturated heterocycles. The number of hydrogen-bond donors (Lipinski definition) is 3. The molecule has 0 unspecified atom stereocenters. The number of benzene rings is 1. The summed E-state index contributed by atoms with van der Waals surface area (Å²) in [5, 5.41) is 16.3. The number of H-pyrrole nitrogens is 2. The monoisotopic (exact) mass is 451 g/mol. The number of nitrogens with one attached hydrogen (secondary N) is 3. The van der Waals surface area contributed by atoms with Crippen LogP contribution in [0.3, 0.4) is 0 Å². The normalized spacial score (nSPS) is 11.5. The van der Waals surface area contributed by atoms with Crippen LogP contribution in [0.15, 0.2) is 65.7 Å². The largest absolute Gasteiger partial charge is 0.335 e. The van der Waals surface area contributed by atoms with Crippen LogP contribution in [0.5, 0.6) is 0 Å². The molecular formula is C25H21N7S. The molecule has 0 radical (unpaired) electrons. The van der Waals surface area contributed by atoms with Gasteiger partial charge in [0.25, 0.3) is 0 Å². The van der Waals surface area contributed by atoms with Gasteiger partial charge in [-0.3, -0.25) is 10.1 Å². The number of fused-ring (bicyclic) bond motifs is 2. The minimum absolute atomic E-state index is 0.682. The lowest BCUT2D eigenvalue weighted by Crippen LogP contribution is -2.11. The van der Waals surface area contributed by atoms with Crippen molar-refractivity contribution >= 4 is 33.4 Å². The summed E-state index contributed by atoms with van der Waals surface area (Å²) in [7, 11) is 0. The minimum Gasteiger partial charge on any atom is -0.335 e. The Labute approximate surface area is 194 Å². The molecule has 1 aromatic carbocycles. The standard InChI is InChI=1S/C25H21N7S/c1-2-26-11-15-9-18(13-27-12-15)16-3-4-21-20(10-16)23(32-31-21)25-29-22-19(17-6-8-33-14-17)5-7-28-24(22)30-25/h3-10,12-14,26H,2,11H2,1H3,(H,31,32)(H,28,29,30). The van der Waals surface area contributed by atoms with Gasteiger partial charge in [-0.2, -0.15) is 16.4 Å². The van der Waals surface area contributed by atoms with E-state index in [1.807, 2.05) is 18.5 Å². The highest BCUT2D eigenvalue weighted by atomic mass is 32.1. The minimum atomic E-state index is 0.682. The Bertz CT molecular complexity index is 1560. The van der Waals surface area contributed by atoms with Crippen LogP contribution < -0.4 is 5.32 Å². The summed E-state index contributed by atoms with van der Waals surface area (Å²) in [6.45, 7) is 3.83. The zero-order valence-electron chi connectivity index (χ0n) is 18.0. The van der Waals surface area contributed by atoms with Crippen molar-refractivity contribution in [2.75, 3.05) is 6.54 Å². The van der Waals surface area contributed by atoms with Crippen molar-refractivity contribution in [1.82, 2.24) is 35.5 Å². The van der Waals surface area contributed by atoms with E-state index < -0.39 is 0 Å². The Morgan fingerprint density at radius 1 is 1.03 bits per heavy atom. The highest BCUT2D eigenvalue weighted by molar-refractivity contribution is 7.08. The Balaban J connectivity index is 1.44. The number of pyridine rings is 2. The lowest BCUT2D eigenvalue weighted by Gasteiger charge is -2.06. The molecule has 0 aliphatic heterocycles. The second-order valence-corrected chi connectivity index (χ2v) is 8.63. The quantitative estimate of drug-likeness (QED) is 0.315. The molecule has 8 heteroatoms. The molecule has 162 valence electrons. The Morgan fingerprint density at radius 3 is 2.88 bits per heavy atom. The van der Waals surface area contributed by atoms with Crippen molar-refractivity contribution in [3.63, 3.8) is 0 Å². The van der Waals surface area contributed by atoms with E-state index in [9.17, 15) is 0 Å². The van der Waals surface area contributed by atoms with Gasteiger partial charge < -0.3 is 10.3 Å². The number of hydrogen-bond acceptors (Lipinski definition) is 6. The summed E-state index contributed by atoms with van der Waals surface area (Å²) in [6.07, 6.45) is 5.60. The molecule has 5 aromatic heterocycles. The summed E-state index contributed by atoms with van der Waals surface area (Å²) >= 11 is 1.67. The molecule has 6 aromatic rings. The first-order valence-corrected chi connectivity index (χ1v) is 11.8. The van der Waals surface area contributed by atoms with E-state index >= 15 is 0 Å². The Morgan fingerprint density at radius 2 is 2.00 bits per heavy atom. The number of rotatable bonds is 6. The fourth-order valence-electron chi connectivity index (χ4n) is 4.07. The molecule has 0 amide bonds. The smallest absolute Gasteiger partial charge is 0.178 e. The molecule has 5 heterocycles. The molecule has 0 atom stereocenters. The third kappa shape index (κ3) is 3.59. The van der Waals surface area contributed by atoms with Crippen molar-refractivity contribution in [3.05, 3.63) is 71.3 Å². The second kappa shape index (κ2) is 8.23. The maximum atomic E-state index is 4.76. The van der Waals surface area contributed by atoms with E-state index in [0.29, 0.717) is 11.5 Å². The van der Waals surface area contributed by atoms with E-state index in [0.717, 1.165) is 63.0 Å². The number of aromatic nitrogens is 6. The van der Waals surface area contributed by atoms with Gasteiger partial charge in [0.15, 0.2) is 11.5 Å². The van der Waals surface area contributed by atoms with Crippen LogP contribution in [0.25, 0.3) is 55.8 Å². The predicted octanol–water partition coefficient (Wildman–Crippen LogP) is 5.40. The first kappa shape index (κ1) is 19.8. The van der Waals surface area contributed by atoms with Crippen LogP contribution in [-0.4, -0.2) is 36.7 Å². The molecule has 7 nitrogen and oxygen atoms in total. The highest BCUT2D eigenvalue weighted by Crippen LogP contribution is 2.33. The van der Waals surface area contributed by atoms with Crippen molar-refractivity contribution in [3.8, 4) is 33.8 Å². The number of thiophene rings is 1. The van der Waals surface area contributed by atoms with E-state index in [4.69, 9.17) is 4.98 Å². The fraction of sp³-hybridized carbons (Fsp3) is 0.120. The van der Waals surface area contributed by atoms with Crippen molar-refractivity contribution in [2.45, 2.75) is 13.5 Å². The number of nitrogens with zero attached hydrogens (tertiary/aromatic N) is 4. The predicted molar refractivity (Wildman–Crippen MR) is 133 cm³/mol. The molecule has 0 saturated carbocycles. The summed E-state index contributed by atoms with van der Waals surface area (Å²) in [6, 6.07) is 12.6. The molecule has 33 heavy (non-hydrogen) atoms. The van der Waals surface area contributed by atoms with Gasteiger partial charge in [-0.25, -0.2) is 9.97 Å². The Hall–Kier alpha value is -3.88. The van der Waals surface area contributed by atoms with Crippen LogP contribution in [0.2, 0.25) is 0 Å². The molecule has 0 bridgehead atoms. The van der Waals surface area contributed by atoms with Gasteiger partial charge in [-0.1, -0.05) is 13.0 Å². The van der Waals surface area contributed by atoms with Crippen LogP contribution >= 0.6 is 11.3 Å². The van der Waals surface area contributed by atoms with E-state index in [1.165, 1.54) is 0 Å². The summed E-state index contributed by atoms with van der Waals surface area (Å²) in [5.41, 5.74) is 8.89. The topological polar surface area (TPSA) is 95.2 Å². The lowest BCUT2D eigenvalue weighted by molar-refractivity contribution is 0.724. The van der Waals surface area contributed by atoms with E-state index in [1.54, 1.807) is 17.5 Å². The molecular weight excluding hydrogens is 430 g/mol. The SMILES string of the molecule is CCNCc1cncc(-c2ccc3[nH]nc(-c4nc5nccc(-c6ccsc6)c5[nH]4)c3c2)c1. The van der Waals surface area contributed by atoms with E-state index in [-0.39, 0.29) is 0 Å². The maximum absolute atomic E-state index is 4.76. The van der Waals surface area contributed by atoms with Gasteiger partial charge in [-0.05, 0) is 64.3 Å². The molecule has 0 spiro atoms. The van der Waals surface area contributed by atoms with Crippen molar-refractivity contribution < 1.29 is 0 Å². The molecule has 0 aliphatic carbocycles.